The molecule has 1 heteroatoms. The van der Waals surface area contributed by atoms with Gasteiger partial charge in [0.05, 0.1) is 0 Å². The van der Waals surface area contributed by atoms with Gasteiger partial charge in [0, 0.05) is 6.04 Å². The van der Waals surface area contributed by atoms with E-state index in [2.05, 4.69) is 12.2 Å². The Labute approximate surface area is 107 Å². The Morgan fingerprint density at radius 1 is 0.941 bits per heavy atom. The van der Waals surface area contributed by atoms with Crippen molar-refractivity contribution in [3.8, 4) is 0 Å². The number of hydrogen-bond acceptors (Lipinski definition) is 1. The van der Waals surface area contributed by atoms with Gasteiger partial charge >= 0.3 is 0 Å². The quantitative estimate of drug-likeness (QED) is 0.730. The van der Waals surface area contributed by atoms with Gasteiger partial charge in [-0.1, -0.05) is 26.2 Å². The fraction of sp³-hybridized carbons (Fsp3) is 1.00. The summed E-state index contributed by atoms with van der Waals surface area (Å²) in [7, 11) is 0. The van der Waals surface area contributed by atoms with Gasteiger partial charge in [0.2, 0.25) is 0 Å². The van der Waals surface area contributed by atoms with E-state index < -0.39 is 0 Å². The summed E-state index contributed by atoms with van der Waals surface area (Å²) in [5.41, 5.74) is 0. The van der Waals surface area contributed by atoms with Gasteiger partial charge in [0.1, 0.15) is 0 Å². The molecule has 3 aliphatic rings. The lowest BCUT2D eigenvalue weighted by Crippen LogP contribution is -2.34. The topological polar surface area (TPSA) is 12.0 Å². The third-order valence-electron chi connectivity index (χ3n) is 5.81. The maximum atomic E-state index is 3.91. The summed E-state index contributed by atoms with van der Waals surface area (Å²) in [6.07, 6.45) is 13.4. The molecule has 5 unspecified atom stereocenters. The monoisotopic (exact) mass is 235 g/mol. The molecule has 0 aromatic heterocycles. The number of rotatable bonds is 3. The molecule has 3 fully saturated rings. The summed E-state index contributed by atoms with van der Waals surface area (Å²) < 4.78 is 0. The smallest absolute Gasteiger partial charge is 0.00672 e. The van der Waals surface area contributed by atoms with Gasteiger partial charge in [-0.05, 0) is 68.7 Å². The summed E-state index contributed by atoms with van der Waals surface area (Å²) in [5, 5.41) is 3.91. The lowest BCUT2D eigenvalue weighted by atomic mass is 9.88. The van der Waals surface area contributed by atoms with Crippen molar-refractivity contribution in [1.29, 1.82) is 0 Å². The average Bonchev–Trinajstić information content (AvgIpc) is 2.88. The van der Waals surface area contributed by atoms with E-state index in [1.165, 1.54) is 38.6 Å². The first-order chi connectivity index (χ1) is 8.31. The molecule has 5 atom stereocenters. The Balaban J connectivity index is 1.42. The minimum atomic E-state index is 0.846. The Morgan fingerprint density at radius 2 is 1.88 bits per heavy atom. The van der Waals surface area contributed by atoms with Crippen LogP contribution in [-0.4, -0.2) is 12.6 Å². The second kappa shape index (κ2) is 5.30. The van der Waals surface area contributed by atoms with Gasteiger partial charge < -0.3 is 5.32 Å². The zero-order chi connectivity index (χ0) is 11.7. The van der Waals surface area contributed by atoms with E-state index in [0.29, 0.717) is 0 Å². The van der Waals surface area contributed by atoms with Gasteiger partial charge in [-0.25, -0.2) is 0 Å². The van der Waals surface area contributed by atoms with Crippen LogP contribution in [0.25, 0.3) is 0 Å². The Kier molecular flexibility index (Phi) is 3.75. The van der Waals surface area contributed by atoms with Crippen LogP contribution in [0.15, 0.2) is 0 Å². The van der Waals surface area contributed by atoms with Crippen molar-refractivity contribution < 1.29 is 0 Å². The highest BCUT2D eigenvalue weighted by molar-refractivity contribution is 4.91. The first-order valence-electron chi connectivity index (χ1n) is 8.04. The van der Waals surface area contributed by atoms with Gasteiger partial charge in [-0.3, -0.25) is 0 Å². The maximum absolute atomic E-state index is 3.91. The third-order valence-corrected chi connectivity index (χ3v) is 5.81. The zero-order valence-corrected chi connectivity index (χ0v) is 11.5. The first kappa shape index (κ1) is 12.0. The van der Waals surface area contributed by atoms with E-state index in [-0.39, 0.29) is 0 Å². The minimum absolute atomic E-state index is 0.846. The van der Waals surface area contributed by atoms with Crippen LogP contribution < -0.4 is 5.32 Å². The summed E-state index contributed by atoms with van der Waals surface area (Å²) in [5.74, 6) is 4.22. The van der Waals surface area contributed by atoms with Crippen molar-refractivity contribution in [2.75, 3.05) is 6.54 Å². The largest absolute Gasteiger partial charge is 0.314 e. The zero-order valence-electron chi connectivity index (χ0n) is 11.5. The molecule has 1 N–H and O–H groups in total. The SMILES string of the molecule is CC1CCCC(NCC2CC3CCC2C3)CC1. The Bertz CT molecular complexity index is 250. The molecule has 0 aliphatic heterocycles. The molecule has 2 bridgehead atoms. The molecule has 0 radical (unpaired) electrons. The van der Waals surface area contributed by atoms with Crippen molar-refractivity contribution in [3.05, 3.63) is 0 Å². The van der Waals surface area contributed by atoms with E-state index in [4.69, 9.17) is 0 Å². The minimum Gasteiger partial charge on any atom is -0.314 e. The lowest BCUT2D eigenvalue weighted by Gasteiger charge is -2.25. The number of hydrogen-bond donors (Lipinski definition) is 1. The first-order valence-corrected chi connectivity index (χ1v) is 8.04. The van der Waals surface area contributed by atoms with E-state index in [1.807, 2.05) is 0 Å². The van der Waals surface area contributed by atoms with E-state index in [9.17, 15) is 0 Å². The molecule has 0 aromatic rings. The van der Waals surface area contributed by atoms with Crippen LogP contribution in [0.2, 0.25) is 0 Å². The Morgan fingerprint density at radius 3 is 2.65 bits per heavy atom. The van der Waals surface area contributed by atoms with Gasteiger partial charge in [-0.2, -0.15) is 0 Å². The van der Waals surface area contributed by atoms with Crippen LogP contribution in [0.1, 0.15) is 64.7 Å². The predicted molar refractivity (Wildman–Crippen MR) is 73.0 cm³/mol. The third kappa shape index (κ3) is 2.86. The molecule has 3 saturated carbocycles. The Hall–Kier alpha value is -0.0400. The van der Waals surface area contributed by atoms with Gasteiger partial charge in [0.15, 0.2) is 0 Å². The molecule has 0 heterocycles. The molecule has 0 saturated heterocycles. The second-order valence-electron chi connectivity index (χ2n) is 7.15. The molecule has 0 spiro atoms. The fourth-order valence-electron chi connectivity index (χ4n) is 4.64. The molecule has 0 aromatic carbocycles. The fourth-order valence-corrected chi connectivity index (χ4v) is 4.64. The van der Waals surface area contributed by atoms with E-state index >= 15 is 0 Å². The average molecular weight is 235 g/mol. The van der Waals surface area contributed by atoms with E-state index in [0.717, 1.165) is 29.7 Å². The van der Waals surface area contributed by atoms with Crippen molar-refractivity contribution in [1.82, 2.24) is 5.32 Å². The van der Waals surface area contributed by atoms with Gasteiger partial charge in [-0.15, -0.1) is 0 Å². The van der Waals surface area contributed by atoms with Crippen LogP contribution in [0.4, 0.5) is 0 Å². The van der Waals surface area contributed by atoms with Crippen LogP contribution in [0.3, 0.4) is 0 Å². The van der Waals surface area contributed by atoms with Crippen LogP contribution in [-0.2, 0) is 0 Å². The molecule has 3 aliphatic carbocycles. The summed E-state index contributed by atoms with van der Waals surface area (Å²) >= 11 is 0. The molecule has 98 valence electrons. The molecule has 3 rings (SSSR count). The molecule has 0 amide bonds. The summed E-state index contributed by atoms with van der Waals surface area (Å²) in [6, 6.07) is 0.846. The van der Waals surface area contributed by atoms with Crippen molar-refractivity contribution >= 4 is 0 Å². The van der Waals surface area contributed by atoms with Crippen LogP contribution in [0, 0.1) is 23.7 Å². The highest BCUT2D eigenvalue weighted by atomic mass is 14.9. The van der Waals surface area contributed by atoms with Crippen molar-refractivity contribution in [2.45, 2.75) is 70.8 Å². The van der Waals surface area contributed by atoms with Crippen LogP contribution in [0.5, 0.6) is 0 Å². The normalized spacial score (nSPS) is 46.1. The maximum Gasteiger partial charge on any atom is 0.00672 e. The van der Waals surface area contributed by atoms with Crippen LogP contribution >= 0.6 is 0 Å². The van der Waals surface area contributed by atoms with E-state index in [1.54, 1.807) is 25.7 Å². The summed E-state index contributed by atoms with van der Waals surface area (Å²) in [6.45, 7) is 3.76. The second-order valence-corrected chi connectivity index (χ2v) is 7.15. The van der Waals surface area contributed by atoms with Crippen molar-refractivity contribution in [3.63, 3.8) is 0 Å². The number of fused-ring (bicyclic) bond motifs is 2. The molecule has 17 heavy (non-hydrogen) atoms. The molecular weight excluding hydrogens is 206 g/mol. The summed E-state index contributed by atoms with van der Waals surface area (Å²) in [4.78, 5) is 0. The highest BCUT2D eigenvalue weighted by Crippen LogP contribution is 2.48. The van der Waals surface area contributed by atoms with Gasteiger partial charge in [0.25, 0.3) is 0 Å². The van der Waals surface area contributed by atoms with Crippen molar-refractivity contribution in [2.24, 2.45) is 23.7 Å². The molecular formula is C16H29N. The standard InChI is InChI=1S/C16H29N/c1-12-3-2-4-16(8-5-12)17-11-15-10-13-6-7-14(15)9-13/h12-17H,2-11H2,1H3. The molecule has 1 nitrogen and oxygen atoms in total. The lowest BCUT2D eigenvalue weighted by molar-refractivity contribution is 0.298. The highest BCUT2D eigenvalue weighted by Gasteiger charge is 2.39. The predicted octanol–water partition coefficient (Wildman–Crippen LogP) is 3.98. The number of nitrogens with one attached hydrogen (secondary N) is 1.